The fraction of sp³-hybridized carbons (Fsp3) is 0.933. The molecule has 0 aromatic rings. The third-order valence-electron chi connectivity index (χ3n) is 5.30. The zero-order valence-electron chi connectivity index (χ0n) is 12.7. The summed E-state index contributed by atoms with van der Waals surface area (Å²) in [7, 11) is 1.89. The molecule has 0 aromatic carbocycles. The maximum Gasteiger partial charge on any atom is 0.239 e. The fourth-order valence-corrected chi connectivity index (χ4v) is 3.83. The number of carbonyl (C=O) groups excluding carboxylic acids is 1. The second-order valence-electron chi connectivity index (χ2n) is 5.94. The summed E-state index contributed by atoms with van der Waals surface area (Å²) in [5, 5.41) is 3.61. The van der Waals surface area contributed by atoms with Crippen LogP contribution < -0.4 is 5.32 Å². The van der Waals surface area contributed by atoms with E-state index < -0.39 is 0 Å². The van der Waals surface area contributed by atoms with E-state index in [9.17, 15) is 4.79 Å². The summed E-state index contributed by atoms with van der Waals surface area (Å²) in [5.41, 5.74) is 0.220. The lowest BCUT2D eigenvalue weighted by atomic mass is 9.58. The topological polar surface area (TPSA) is 41.6 Å². The summed E-state index contributed by atoms with van der Waals surface area (Å²) >= 11 is 0. The number of ether oxygens (including phenoxy) is 1. The third kappa shape index (κ3) is 2.40. The Hall–Kier alpha value is -0.610. The monoisotopic (exact) mass is 268 g/mol. The van der Waals surface area contributed by atoms with E-state index in [1.54, 1.807) is 0 Å². The van der Waals surface area contributed by atoms with Crippen LogP contribution in [0.15, 0.2) is 0 Å². The van der Waals surface area contributed by atoms with Gasteiger partial charge in [-0.2, -0.15) is 0 Å². The molecule has 1 amide bonds. The van der Waals surface area contributed by atoms with Gasteiger partial charge in [0.25, 0.3) is 0 Å². The molecule has 19 heavy (non-hydrogen) atoms. The molecule has 1 saturated heterocycles. The predicted molar refractivity (Wildman–Crippen MR) is 76.0 cm³/mol. The van der Waals surface area contributed by atoms with E-state index in [1.807, 2.05) is 11.9 Å². The number of amides is 1. The van der Waals surface area contributed by atoms with Crippen LogP contribution in [0.1, 0.15) is 46.5 Å². The summed E-state index contributed by atoms with van der Waals surface area (Å²) in [6, 6.07) is 0.453. The number of carbonyl (C=O) groups is 1. The van der Waals surface area contributed by atoms with Gasteiger partial charge in [-0.15, -0.1) is 0 Å². The quantitative estimate of drug-likeness (QED) is 0.798. The van der Waals surface area contributed by atoms with E-state index in [0.717, 1.165) is 38.8 Å². The molecule has 0 spiro atoms. The Morgan fingerprint density at radius 2 is 2.05 bits per heavy atom. The number of nitrogens with zero attached hydrogens (tertiary/aromatic N) is 1. The van der Waals surface area contributed by atoms with Crippen LogP contribution in [0.2, 0.25) is 0 Å². The predicted octanol–water partition coefficient (Wildman–Crippen LogP) is 1.79. The van der Waals surface area contributed by atoms with Gasteiger partial charge in [-0.25, -0.2) is 0 Å². The second kappa shape index (κ2) is 5.80. The van der Waals surface area contributed by atoms with E-state index in [0.29, 0.717) is 12.1 Å². The third-order valence-corrected chi connectivity index (χ3v) is 5.30. The molecule has 1 saturated carbocycles. The number of hydrogen-bond acceptors (Lipinski definition) is 3. The van der Waals surface area contributed by atoms with Crippen LogP contribution in [-0.2, 0) is 9.53 Å². The zero-order chi connectivity index (χ0) is 14.0. The first-order chi connectivity index (χ1) is 9.08. The molecular weight excluding hydrogens is 240 g/mol. The SMILES string of the molecule is CCOC1CC(NC2CCN(C)C2=O)C1(CC)CC. The molecule has 2 fully saturated rings. The van der Waals surface area contributed by atoms with Crippen molar-refractivity contribution < 1.29 is 9.53 Å². The molecule has 1 aliphatic heterocycles. The molecule has 0 radical (unpaired) electrons. The van der Waals surface area contributed by atoms with Gasteiger partial charge in [0.05, 0.1) is 12.1 Å². The van der Waals surface area contributed by atoms with Gasteiger partial charge in [0.1, 0.15) is 0 Å². The lowest BCUT2D eigenvalue weighted by molar-refractivity contribution is -0.144. The summed E-state index contributed by atoms with van der Waals surface area (Å²) in [4.78, 5) is 13.8. The van der Waals surface area contributed by atoms with Gasteiger partial charge in [-0.3, -0.25) is 4.79 Å². The molecular formula is C15H28N2O2. The molecule has 1 N–H and O–H groups in total. The number of likely N-dealkylation sites (tertiary alicyclic amines) is 1. The van der Waals surface area contributed by atoms with Crippen LogP contribution in [0, 0.1) is 5.41 Å². The minimum absolute atomic E-state index is 0.0232. The van der Waals surface area contributed by atoms with E-state index in [4.69, 9.17) is 4.74 Å². The fourth-order valence-electron chi connectivity index (χ4n) is 3.83. The van der Waals surface area contributed by atoms with Crippen LogP contribution in [0.5, 0.6) is 0 Å². The van der Waals surface area contributed by atoms with Gasteiger partial charge >= 0.3 is 0 Å². The highest BCUT2D eigenvalue weighted by Gasteiger charge is 2.54. The Labute approximate surface area is 116 Å². The Morgan fingerprint density at radius 1 is 1.37 bits per heavy atom. The van der Waals surface area contributed by atoms with Crippen molar-refractivity contribution in [3.05, 3.63) is 0 Å². The Kier molecular flexibility index (Phi) is 4.51. The van der Waals surface area contributed by atoms with Crippen molar-refractivity contribution in [1.82, 2.24) is 10.2 Å². The summed E-state index contributed by atoms with van der Waals surface area (Å²) in [6.45, 7) is 8.21. The first kappa shape index (κ1) is 14.8. The highest BCUT2D eigenvalue weighted by molar-refractivity contribution is 5.83. The van der Waals surface area contributed by atoms with Gasteiger partial charge < -0.3 is 15.0 Å². The minimum atomic E-state index is 0.0232. The lowest BCUT2D eigenvalue weighted by Crippen LogP contribution is -2.65. The Balaban J connectivity index is 1.99. The minimum Gasteiger partial charge on any atom is -0.378 e. The van der Waals surface area contributed by atoms with Crippen molar-refractivity contribution in [3.63, 3.8) is 0 Å². The Bertz CT molecular complexity index is 328. The summed E-state index contributed by atoms with van der Waals surface area (Å²) in [6.07, 6.45) is 4.57. The molecule has 0 bridgehead atoms. The standard InChI is InChI=1S/C15H28N2O2/c1-5-15(6-2)12(10-13(15)19-7-3)16-11-8-9-17(4)14(11)18/h11-13,16H,5-10H2,1-4H3. The molecule has 110 valence electrons. The molecule has 1 heterocycles. The maximum absolute atomic E-state index is 12.0. The van der Waals surface area contributed by atoms with Crippen molar-refractivity contribution in [1.29, 1.82) is 0 Å². The van der Waals surface area contributed by atoms with Gasteiger partial charge in [0.2, 0.25) is 5.91 Å². The average molecular weight is 268 g/mol. The van der Waals surface area contributed by atoms with Gasteiger partial charge in [-0.05, 0) is 32.6 Å². The Morgan fingerprint density at radius 3 is 2.53 bits per heavy atom. The maximum atomic E-state index is 12.0. The van der Waals surface area contributed by atoms with E-state index >= 15 is 0 Å². The molecule has 4 heteroatoms. The molecule has 2 rings (SSSR count). The number of rotatable bonds is 6. The van der Waals surface area contributed by atoms with Crippen LogP contribution in [-0.4, -0.2) is 49.2 Å². The summed E-state index contributed by atoms with van der Waals surface area (Å²) < 4.78 is 5.88. The van der Waals surface area contributed by atoms with Crippen LogP contribution in [0.25, 0.3) is 0 Å². The van der Waals surface area contributed by atoms with Crippen molar-refractivity contribution in [2.75, 3.05) is 20.2 Å². The van der Waals surface area contributed by atoms with E-state index in [1.165, 1.54) is 0 Å². The zero-order valence-corrected chi connectivity index (χ0v) is 12.7. The van der Waals surface area contributed by atoms with Crippen LogP contribution in [0.3, 0.4) is 0 Å². The van der Waals surface area contributed by atoms with Crippen molar-refractivity contribution >= 4 is 5.91 Å². The summed E-state index contributed by atoms with van der Waals surface area (Å²) in [5.74, 6) is 0.251. The first-order valence-corrected chi connectivity index (χ1v) is 7.71. The van der Waals surface area contributed by atoms with Crippen molar-refractivity contribution in [2.24, 2.45) is 5.41 Å². The van der Waals surface area contributed by atoms with Gasteiger partial charge in [-0.1, -0.05) is 13.8 Å². The van der Waals surface area contributed by atoms with E-state index in [2.05, 4.69) is 26.1 Å². The highest BCUT2D eigenvalue weighted by Crippen LogP contribution is 2.49. The molecule has 3 atom stereocenters. The molecule has 2 aliphatic rings. The molecule has 1 aliphatic carbocycles. The normalized spacial score (nSPS) is 33.6. The molecule has 4 nitrogen and oxygen atoms in total. The van der Waals surface area contributed by atoms with Crippen molar-refractivity contribution in [2.45, 2.75) is 64.6 Å². The first-order valence-electron chi connectivity index (χ1n) is 7.71. The smallest absolute Gasteiger partial charge is 0.239 e. The second-order valence-corrected chi connectivity index (χ2v) is 5.94. The van der Waals surface area contributed by atoms with Gasteiger partial charge in [0.15, 0.2) is 0 Å². The van der Waals surface area contributed by atoms with E-state index in [-0.39, 0.29) is 17.4 Å². The average Bonchev–Trinajstić information content (AvgIpc) is 2.71. The lowest BCUT2D eigenvalue weighted by Gasteiger charge is -2.56. The van der Waals surface area contributed by atoms with Crippen LogP contribution in [0.4, 0.5) is 0 Å². The largest absolute Gasteiger partial charge is 0.378 e. The van der Waals surface area contributed by atoms with Crippen LogP contribution >= 0.6 is 0 Å². The van der Waals surface area contributed by atoms with Gasteiger partial charge in [0, 0.05) is 31.7 Å². The number of nitrogens with one attached hydrogen (secondary N) is 1. The molecule has 0 aromatic heterocycles. The molecule has 3 unspecified atom stereocenters. The van der Waals surface area contributed by atoms with Crippen molar-refractivity contribution in [3.8, 4) is 0 Å². The number of hydrogen-bond donors (Lipinski definition) is 1. The highest BCUT2D eigenvalue weighted by atomic mass is 16.5. The number of likely N-dealkylation sites (N-methyl/N-ethyl adjacent to an activating group) is 1.